The molecule has 1 fully saturated rings. The second-order valence-corrected chi connectivity index (χ2v) is 4.86. The highest BCUT2D eigenvalue weighted by molar-refractivity contribution is 6.07. The van der Waals surface area contributed by atoms with Crippen molar-refractivity contribution in [3.8, 4) is 0 Å². The van der Waals surface area contributed by atoms with E-state index in [1.165, 1.54) is 18.7 Å². The smallest absolute Gasteiger partial charge is 0.331 e. The number of hydrogen-bond acceptors (Lipinski definition) is 3. The molecule has 1 rings (SSSR count). The Kier molecular flexibility index (Phi) is 5.09. The van der Waals surface area contributed by atoms with E-state index in [0.717, 1.165) is 25.7 Å². The van der Waals surface area contributed by atoms with Crippen molar-refractivity contribution in [3.05, 3.63) is 11.1 Å². The SMILES string of the molecule is CC(C(=O)O)=C(C)C(=O)NC(=O)N(C)C1CCCC1. The van der Waals surface area contributed by atoms with Crippen LogP contribution in [0.25, 0.3) is 0 Å². The lowest BCUT2D eigenvalue weighted by atomic mass is 10.1. The fourth-order valence-electron chi connectivity index (χ4n) is 2.07. The number of carbonyl (C=O) groups is 3. The van der Waals surface area contributed by atoms with E-state index >= 15 is 0 Å². The van der Waals surface area contributed by atoms with E-state index in [1.54, 1.807) is 7.05 Å². The Balaban J connectivity index is 2.63. The van der Waals surface area contributed by atoms with E-state index in [4.69, 9.17) is 5.11 Å². The van der Waals surface area contributed by atoms with Crippen molar-refractivity contribution in [1.29, 1.82) is 0 Å². The number of nitrogens with zero attached hydrogens (tertiary/aromatic N) is 1. The van der Waals surface area contributed by atoms with Crippen LogP contribution in [0.15, 0.2) is 11.1 Å². The van der Waals surface area contributed by atoms with Crippen LogP contribution in [-0.4, -0.2) is 41.0 Å². The van der Waals surface area contributed by atoms with Crippen molar-refractivity contribution in [2.24, 2.45) is 0 Å². The summed E-state index contributed by atoms with van der Waals surface area (Å²) in [5.74, 6) is -1.82. The molecule has 3 amide bonds. The van der Waals surface area contributed by atoms with Crippen molar-refractivity contribution in [3.63, 3.8) is 0 Å². The summed E-state index contributed by atoms with van der Waals surface area (Å²) in [6, 6.07) is -0.313. The van der Waals surface area contributed by atoms with E-state index in [2.05, 4.69) is 5.32 Å². The molecule has 19 heavy (non-hydrogen) atoms. The molecular formula is C13H20N2O4. The number of nitrogens with one attached hydrogen (secondary N) is 1. The van der Waals surface area contributed by atoms with Crippen LogP contribution in [0.4, 0.5) is 4.79 Å². The monoisotopic (exact) mass is 268 g/mol. The number of carboxylic acid groups (broad SMARTS) is 1. The Hall–Kier alpha value is -1.85. The van der Waals surface area contributed by atoms with Crippen LogP contribution < -0.4 is 5.32 Å². The number of hydrogen-bond donors (Lipinski definition) is 2. The fourth-order valence-corrected chi connectivity index (χ4v) is 2.07. The minimum absolute atomic E-state index is 0.0423. The Morgan fingerprint density at radius 3 is 2.11 bits per heavy atom. The van der Waals surface area contributed by atoms with E-state index in [0.29, 0.717) is 0 Å². The lowest BCUT2D eigenvalue weighted by Gasteiger charge is -2.24. The number of carboxylic acids is 1. The maximum atomic E-state index is 11.9. The number of urea groups is 1. The van der Waals surface area contributed by atoms with Gasteiger partial charge in [-0.05, 0) is 26.7 Å². The van der Waals surface area contributed by atoms with Gasteiger partial charge in [0.1, 0.15) is 0 Å². The summed E-state index contributed by atoms with van der Waals surface area (Å²) in [4.78, 5) is 35.9. The van der Waals surface area contributed by atoms with Gasteiger partial charge in [0, 0.05) is 24.2 Å². The largest absolute Gasteiger partial charge is 0.478 e. The Labute approximate surface area is 112 Å². The van der Waals surface area contributed by atoms with Gasteiger partial charge in [0.15, 0.2) is 0 Å². The van der Waals surface area contributed by atoms with E-state index in [9.17, 15) is 14.4 Å². The molecule has 1 aliphatic carbocycles. The molecule has 6 heteroatoms. The minimum Gasteiger partial charge on any atom is -0.478 e. The highest BCUT2D eigenvalue weighted by Gasteiger charge is 2.25. The number of aliphatic carboxylic acids is 1. The molecule has 0 unspecified atom stereocenters. The predicted molar refractivity (Wildman–Crippen MR) is 69.6 cm³/mol. The van der Waals surface area contributed by atoms with Gasteiger partial charge in [-0.15, -0.1) is 0 Å². The van der Waals surface area contributed by atoms with Gasteiger partial charge < -0.3 is 10.0 Å². The van der Waals surface area contributed by atoms with Crippen molar-refractivity contribution in [2.45, 2.75) is 45.6 Å². The third kappa shape index (κ3) is 3.81. The molecule has 0 aromatic heterocycles. The van der Waals surface area contributed by atoms with Gasteiger partial charge in [0.05, 0.1) is 0 Å². The zero-order valence-electron chi connectivity index (χ0n) is 11.5. The summed E-state index contributed by atoms with van der Waals surface area (Å²) in [7, 11) is 1.65. The first-order valence-electron chi connectivity index (χ1n) is 6.33. The number of imide groups is 1. The summed E-state index contributed by atoms with van der Waals surface area (Å²) in [6.45, 7) is 2.73. The lowest BCUT2D eigenvalue weighted by Crippen LogP contribution is -2.45. The first kappa shape index (κ1) is 15.2. The Morgan fingerprint density at radius 1 is 1.11 bits per heavy atom. The minimum atomic E-state index is -1.16. The molecule has 1 saturated carbocycles. The third-order valence-electron chi connectivity index (χ3n) is 3.64. The van der Waals surface area contributed by atoms with Crippen molar-refractivity contribution in [2.75, 3.05) is 7.05 Å². The number of carbonyl (C=O) groups excluding carboxylic acids is 2. The molecule has 0 bridgehead atoms. The van der Waals surface area contributed by atoms with Gasteiger partial charge in [0.2, 0.25) is 0 Å². The van der Waals surface area contributed by atoms with E-state index < -0.39 is 17.9 Å². The fraction of sp³-hybridized carbons (Fsp3) is 0.615. The maximum absolute atomic E-state index is 11.9. The molecule has 106 valence electrons. The first-order chi connectivity index (χ1) is 8.84. The second-order valence-electron chi connectivity index (χ2n) is 4.86. The average Bonchev–Trinajstić information content (AvgIpc) is 2.89. The normalized spacial score (nSPS) is 16.8. The summed E-state index contributed by atoms with van der Waals surface area (Å²) in [6.07, 6.45) is 4.07. The molecule has 0 aromatic carbocycles. The third-order valence-corrected chi connectivity index (χ3v) is 3.64. The van der Waals surface area contributed by atoms with Gasteiger partial charge >= 0.3 is 12.0 Å². The molecule has 2 N–H and O–H groups in total. The summed E-state index contributed by atoms with van der Waals surface area (Å²) in [5, 5.41) is 11.0. The summed E-state index contributed by atoms with van der Waals surface area (Å²) >= 11 is 0. The van der Waals surface area contributed by atoms with Crippen LogP contribution in [0.5, 0.6) is 0 Å². The molecule has 1 aliphatic rings. The molecule has 0 atom stereocenters. The molecule has 0 aromatic rings. The zero-order chi connectivity index (χ0) is 14.6. The highest BCUT2D eigenvalue weighted by atomic mass is 16.4. The molecule has 0 radical (unpaired) electrons. The Bertz CT molecular complexity index is 422. The molecule has 0 spiro atoms. The van der Waals surface area contributed by atoms with Crippen molar-refractivity contribution < 1.29 is 19.5 Å². The van der Waals surface area contributed by atoms with Gasteiger partial charge in [-0.3, -0.25) is 10.1 Å². The standard InChI is InChI=1S/C13H20N2O4/c1-8(9(2)12(17)18)11(16)14-13(19)15(3)10-6-4-5-7-10/h10H,4-7H2,1-3H3,(H,17,18)(H,14,16,19). The lowest BCUT2D eigenvalue weighted by molar-refractivity contribution is -0.133. The predicted octanol–water partition coefficient (Wildman–Crippen LogP) is 1.52. The van der Waals surface area contributed by atoms with E-state index in [1.807, 2.05) is 0 Å². The average molecular weight is 268 g/mol. The topological polar surface area (TPSA) is 86.7 Å². The number of amides is 3. The molecular weight excluding hydrogens is 248 g/mol. The summed E-state index contributed by atoms with van der Waals surface area (Å²) < 4.78 is 0. The number of rotatable bonds is 3. The molecule has 6 nitrogen and oxygen atoms in total. The van der Waals surface area contributed by atoms with Crippen LogP contribution in [0.1, 0.15) is 39.5 Å². The van der Waals surface area contributed by atoms with Crippen molar-refractivity contribution in [1.82, 2.24) is 10.2 Å². The quantitative estimate of drug-likeness (QED) is 0.760. The molecule has 0 heterocycles. The van der Waals surface area contributed by atoms with Crippen LogP contribution >= 0.6 is 0 Å². The van der Waals surface area contributed by atoms with Gasteiger partial charge in [-0.2, -0.15) is 0 Å². The molecule has 0 saturated heterocycles. The second kappa shape index (κ2) is 6.36. The van der Waals surface area contributed by atoms with Crippen LogP contribution in [-0.2, 0) is 9.59 Å². The maximum Gasteiger partial charge on any atom is 0.331 e. The van der Waals surface area contributed by atoms with Crippen LogP contribution in [0.2, 0.25) is 0 Å². The van der Waals surface area contributed by atoms with Crippen molar-refractivity contribution >= 4 is 17.9 Å². The first-order valence-corrected chi connectivity index (χ1v) is 6.33. The van der Waals surface area contributed by atoms with Crippen LogP contribution in [0, 0.1) is 0 Å². The highest BCUT2D eigenvalue weighted by Crippen LogP contribution is 2.22. The van der Waals surface area contributed by atoms with Gasteiger partial charge in [-0.1, -0.05) is 12.8 Å². The molecule has 0 aliphatic heterocycles. The van der Waals surface area contributed by atoms with E-state index in [-0.39, 0.29) is 17.2 Å². The van der Waals surface area contributed by atoms with Gasteiger partial charge in [-0.25, -0.2) is 9.59 Å². The van der Waals surface area contributed by atoms with Gasteiger partial charge in [0.25, 0.3) is 5.91 Å². The zero-order valence-corrected chi connectivity index (χ0v) is 11.5. The summed E-state index contributed by atoms with van der Waals surface area (Å²) in [5.41, 5.74) is -0.0190. The Morgan fingerprint density at radius 2 is 1.63 bits per heavy atom. The van der Waals surface area contributed by atoms with Crippen LogP contribution in [0.3, 0.4) is 0 Å².